The number of esters is 4. The van der Waals surface area contributed by atoms with Crippen molar-refractivity contribution in [3.8, 4) is 0 Å². The summed E-state index contributed by atoms with van der Waals surface area (Å²) in [4.78, 5) is 50.5. The number of halogens is 1. The molecule has 0 bridgehead atoms. The third-order valence-corrected chi connectivity index (χ3v) is 9.11. The van der Waals surface area contributed by atoms with E-state index in [4.69, 9.17) is 30.5 Å². The number of rotatable bonds is 5. The van der Waals surface area contributed by atoms with Gasteiger partial charge in [-0.05, 0) is 30.9 Å². The molecule has 39 heavy (non-hydrogen) atoms. The zero-order chi connectivity index (χ0) is 29.4. The van der Waals surface area contributed by atoms with Crippen LogP contribution in [0.2, 0.25) is 0 Å². The normalized spacial score (nSPS) is 42.8. The van der Waals surface area contributed by atoms with Gasteiger partial charge in [0.05, 0.1) is 22.8 Å². The highest BCUT2D eigenvalue weighted by atomic mass is 35.5. The maximum atomic E-state index is 12.9. The monoisotopic (exact) mass is 570 g/mol. The third kappa shape index (κ3) is 5.47. The molecular formula is C28H39ClO10. The fourth-order valence-electron chi connectivity index (χ4n) is 6.42. The summed E-state index contributed by atoms with van der Waals surface area (Å²) in [6.45, 7) is 13.0. The molecule has 1 heterocycles. The number of alkyl halides is 1. The predicted molar refractivity (Wildman–Crippen MR) is 139 cm³/mol. The molecule has 1 saturated carbocycles. The molecule has 11 atom stereocenters. The molecule has 1 aliphatic heterocycles. The highest BCUT2D eigenvalue weighted by Gasteiger charge is 2.70. The van der Waals surface area contributed by atoms with Crippen molar-refractivity contribution in [2.45, 2.75) is 102 Å². The van der Waals surface area contributed by atoms with Crippen LogP contribution in [0.15, 0.2) is 24.3 Å². The van der Waals surface area contributed by atoms with E-state index in [1.807, 2.05) is 6.92 Å². The largest absolute Gasteiger partial charge is 0.461 e. The van der Waals surface area contributed by atoms with Gasteiger partial charge in [-0.25, -0.2) is 0 Å². The van der Waals surface area contributed by atoms with Crippen molar-refractivity contribution in [2.24, 2.45) is 23.2 Å². The van der Waals surface area contributed by atoms with Crippen molar-refractivity contribution in [1.82, 2.24) is 0 Å². The Kier molecular flexibility index (Phi) is 9.24. The zero-order valence-corrected chi connectivity index (χ0v) is 24.0. The maximum absolute atomic E-state index is 12.9. The summed E-state index contributed by atoms with van der Waals surface area (Å²) in [5.74, 6) is -5.60. The van der Waals surface area contributed by atoms with E-state index in [2.05, 4.69) is 6.58 Å². The third-order valence-electron chi connectivity index (χ3n) is 8.60. The molecule has 0 aromatic rings. The Morgan fingerprint density at radius 1 is 1.18 bits per heavy atom. The van der Waals surface area contributed by atoms with Gasteiger partial charge in [0, 0.05) is 32.6 Å². The van der Waals surface area contributed by atoms with Gasteiger partial charge < -0.3 is 29.2 Å². The molecule has 11 heteroatoms. The van der Waals surface area contributed by atoms with Crippen LogP contribution in [0.5, 0.6) is 0 Å². The van der Waals surface area contributed by atoms with E-state index in [0.29, 0.717) is 6.42 Å². The molecule has 2 aliphatic carbocycles. The minimum atomic E-state index is -2.18. The summed E-state index contributed by atoms with van der Waals surface area (Å²) in [5, 5.41) is 22.5. The first-order chi connectivity index (χ1) is 18.1. The smallest absolute Gasteiger partial charge is 0.312 e. The van der Waals surface area contributed by atoms with Gasteiger partial charge in [-0.15, -0.1) is 11.6 Å². The molecule has 218 valence electrons. The quantitative estimate of drug-likeness (QED) is 0.287. The molecule has 0 spiro atoms. The van der Waals surface area contributed by atoms with Gasteiger partial charge in [-0.2, -0.15) is 0 Å². The van der Waals surface area contributed by atoms with Crippen LogP contribution in [-0.4, -0.2) is 75.6 Å². The lowest BCUT2D eigenvalue weighted by molar-refractivity contribution is -0.247. The number of hydrogen-bond acceptors (Lipinski definition) is 10. The fourth-order valence-corrected chi connectivity index (χ4v) is 6.75. The van der Waals surface area contributed by atoms with Crippen LogP contribution in [0.1, 0.15) is 60.8 Å². The second-order valence-electron chi connectivity index (χ2n) is 11.1. The standard InChI is InChI=1S/C28H39ClO10/c1-8-9-21(33)38-20-12-18(32)14(3)22-24(37-17(6)31)28(35)15(4)26(34)39-25(28)23(29)13(2)10-11-19(27(20,22)7)36-16(5)30/h10-11,14-15,18-20,22-25,32,35H,2,8-9,12H2,1,3-7H3/b11-10+/t14-,15-,18+,19+,20-,22+,23-,24+,25-,27-,28+/m0/s1. The number of carbonyl (C=O) groups excluding carboxylic acids is 4. The molecule has 3 aliphatic rings. The van der Waals surface area contributed by atoms with Gasteiger partial charge in [-0.1, -0.05) is 33.4 Å². The van der Waals surface area contributed by atoms with E-state index in [-0.39, 0.29) is 18.4 Å². The molecule has 1 saturated heterocycles. The van der Waals surface area contributed by atoms with Crippen LogP contribution in [0.3, 0.4) is 0 Å². The minimum absolute atomic E-state index is 0.00602. The summed E-state index contributed by atoms with van der Waals surface area (Å²) in [6, 6.07) is 0. The molecule has 10 nitrogen and oxygen atoms in total. The Balaban J connectivity index is 2.38. The fraction of sp³-hybridized carbons (Fsp3) is 0.714. The first-order valence-corrected chi connectivity index (χ1v) is 13.7. The molecule has 0 aromatic heterocycles. The van der Waals surface area contributed by atoms with Crippen LogP contribution >= 0.6 is 11.6 Å². The molecule has 2 fully saturated rings. The second kappa shape index (κ2) is 11.6. The van der Waals surface area contributed by atoms with Crippen molar-refractivity contribution in [3.05, 3.63) is 24.3 Å². The minimum Gasteiger partial charge on any atom is -0.461 e. The molecule has 0 amide bonds. The summed E-state index contributed by atoms with van der Waals surface area (Å²) in [7, 11) is 0. The van der Waals surface area contributed by atoms with Gasteiger partial charge in [0.2, 0.25) is 0 Å². The zero-order valence-electron chi connectivity index (χ0n) is 23.2. The van der Waals surface area contributed by atoms with E-state index >= 15 is 0 Å². The number of ether oxygens (including phenoxy) is 4. The average Bonchev–Trinajstić information content (AvgIpc) is 3.07. The molecule has 0 unspecified atom stereocenters. The molecule has 0 aromatic carbocycles. The molecule has 0 radical (unpaired) electrons. The van der Waals surface area contributed by atoms with Gasteiger partial charge >= 0.3 is 23.9 Å². The molecular weight excluding hydrogens is 532 g/mol. The number of fused-ring (bicyclic) bond motifs is 2. The Bertz CT molecular complexity index is 1040. The van der Waals surface area contributed by atoms with Crippen LogP contribution in [-0.2, 0) is 38.1 Å². The highest BCUT2D eigenvalue weighted by Crippen LogP contribution is 2.56. The Morgan fingerprint density at radius 2 is 1.79 bits per heavy atom. The van der Waals surface area contributed by atoms with Gasteiger partial charge in [0.15, 0.2) is 11.7 Å². The highest BCUT2D eigenvalue weighted by molar-refractivity contribution is 6.23. The number of hydrogen-bond donors (Lipinski definition) is 2. The van der Waals surface area contributed by atoms with E-state index in [1.54, 1.807) is 19.9 Å². The number of aliphatic hydroxyl groups excluding tert-OH is 1. The summed E-state index contributed by atoms with van der Waals surface area (Å²) in [5.41, 5.74) is -3.31. The maximum Gasteiger partial charge on any atom is 0.312 e. The second-order valence-corrected chi connectivity index (χ2v) is 11.6. The number of aliphatic hydroxyl groups is 2. The van der Waals surface area contributed by atoms with Gasteiger partial charge in [-0.3, -0.25) is 19.2 Å². The first-order valence-electron chi connectivity index (χ1n) is 13.3. The first kappa shape index (κ1) is 31.1. The van der Waals surface area contributed by atoms with Crippen molar-refractivity contribution >= 4 is 35.5 Å². The van der Waals surface area contributed by atoms with Crippen molar-refractivity contribution in [1.29, 1.82) is 0 Å². The Morgan fingerprint density at radius 3 is 2.36 bits per heavy atom. The van der Waals surface area contributed by atoms with E-state index in [1.165, 1.54) is 19.9 Å². The summed E-state index contributed by atoms with van der Waals surface area (Å²) < 4.78 is 23.1. The molecule has 3 rings (SSSR count). The number of carbonyl (C=O) groups is 4. The average molecular weight is 571 g/mol. The van der Waals surface area contributed by atoms with Crippen molar-refractivity contribution in [3.63, 3.8) is 0 Å². The van der Waals surface area contributed by atoms with Crippen LogP contribution in [0.25, 0.3) is 0 Å². The van der Waals surface area contributed by atoms with Crippen LogP contribution in [0, 0.1) is 23.2 Å². The summed E-state index contributed by atoms with van der Waals surface area (Å²) in [6.07, 6.45) is -2.38. The van der Waals surface area contributed by atoms with E-state index in [0.717, 1.165) is 6.92 Å². The van der Waals surface area contributed by atoms with Gasteiger partial charge in [0.1, 0.15) is 18.3 Å². The van der Waals surface area contributed by atoms with Crippen molar-refractivity contribution in [2.75, 3.05) is 0 Å². The van der Waals surface area contributed by atoms with E-state index < -0.39 is 88.5 Å². The lowest BCUT2D eigenvalue weighted by Crippen LogP contribution is -2.69. The Hall–Kier alpha value is -2.43. The lowest BCUT2D eigenvalue weighted by Gasteiger charge is -2.57. The predicted octanol–water partition coefficient (Wildman–Crippen LogP) is 2.61. The van der Waals surface area contributed by atoms with Crippen LogP contribution in [0.4, 0.5) is 0 Å². The SMILES string of the molecule is C=C1/C=C/[C@@H](OC(C)=O)[C@]2(C)[C@H]([C@@H](C)[C@H](O)C[C@@H]2OC(=O)CCC)[C@@H](OC(C)=O)[C@]2(O)[C@@H](C)C(=O)O[C@H]2[C@H]1Cl. The molecule has 2 N–H and O–H groups in total. The van der Waals surface area contributed by atoms with Crippen LogP contribution < -0.4 is 0 Å². The lowest BCUT2D eigenvalue weighted by atomic mass is 9.53. The van der Waals surface area contributed by atoms with Gasteiger partial charge in [0.25, 0.3) is 0 Å². The Labute approximate surface area is 233 Å². The van der Waals surface area contributed by atoms with E-state index in [9.17, 15) is 29.4 Å². The topological polar surface area (TPSA) is 146 Å². The number of allylic oxidation sites excluding steroid dienone is 1. The van der Waals surface area contributed by atoms with Crippen molar-refractivity contribution < 1.29 is 48.3 Å². The summed E-state index contributed by atoms with van der Waals surface area (Å²) >= 11 is 6.70.